The number of alkyl halides is 6. The van der Waals surface area contributed by atoms with Gasteiger partial charge in [-0.3, -0.25) is 4.98 Å². The highest BCUT2D eigenvalue weighted by molar-refractivity contribution is 5.73. The molecule has 0 fully saturated rings. The van der Waals surface area contributed by atoms with Crippen LogP contribution in [0.15, 0.2) is 36.2 Å². The third-order valence-corrected chi connectivity index (χ3v) is 3.64. The molecule has 0 amide bonds. The number of nitrogens with zero attached hydrogens (tertiary/aromatic N) is 1. The van der Waals surface area contributed by atoms with Crippen LogP contribution in [0.25, 0.3) is 0 Å². The molecule has 1 aromatic heterocycles. The standard InChI is InChI=1S/C16H26N2.2C2HF3O2/c1-5-16(15-9-11-17-12-10-15)18-14(4)8-6-7-13(2)3;2*3-2(4,5)1(6)7/h7,9-12,14,16,18H,5-6,8H2,1-4H3;2*(H,6,7). The summed E-state index contributed by atoms with van der Waals surface area (Å²) >= 11 is 0. The summed E-state index contributed by atoms with van der Waals surface area (Å²) in [5.74, 6) is -5.51. The van der Waals surface area contributed by atoms with Gasteiger partial charge < -0.3 is 15.5 Å². The Bertz CT molecular complexity index is 678. The third kappa shape index (κ3) is 17.1. The van der Waals surface area contributed by atoms with Crippen molar-refractivity contribution >= 4 is 11.9 Å². The lowest BCUT2D eigenvalue weighted by atomic mass is 10.0. The quantitative estimate of drug-likeness (QED) is 0.355. The van der Waals surface area contributed by atoms with Crippen molar-refractivity contribution in [3.63, 3.8) is 0 Å². The van der Waals surface area contributed by atoms with Crippen LogP contribution in [-0.2, 0) is 9.59 Å². The molecule has 12 heteroatoms. The molecule has 6 nitrogen and oxygen atoms in total. The van der Waals surface area contributed by atoms with Crippen molar-refractivity contribution < 1.29 is 46.1 Å². The average Bonchev–Trinajstić information content (AvgIpc) is 2.66. The molecule has 32 heavy (non-hydrogen) atoms. The molecule has 0 aliphatic carbocycles. The van der Waals surface area contributed by atoms with E-state index in [9.17, 15) is 26.3 Å². The van der Waals surface area contributed by atoms with Crippen molar-refractivity contribution in [1.82, 2.24) is 10.3 Å². The zero-order valence-electron chi connectivity index (χ0n) is 18.1. The van der Waals surface area contributed by atoms with Crippen molar-refractivity contribution in [3.05, 3.63) is 41.7 Å². The molecule has 1 heterocycles. The number of rotatable bonds is 7. The van der Waals surface area contributed by atoms with Crippen molar-refractivity contribution in [3.8, 4) is 0 Å². The van der Waals surface area contributed by atoms with Crippen LogP contribution >= 0.6 is 0 Å². The van der Waals surface area contributed by atoms with Crippen LogP contribution < -0.4 is 5.32 Å². The van der Waals surface area contributed by atoms with E-state index in [1.54, 1.807) is 0 Å². The number of pyridine rings is 1. The number of aliphatic carboxylic acids is 2. The number of hydrogen-bond acceptors (Lipinski definition) is 4. The predicted octanol–water partition coefficient (Wildman–Crippen LogP) is 5.52. The van der Waals surface area contributed by atoms with E-state index < -0.39 is 24.3 Å². The van der Waals surface area contributed by atoms with Crippen molar-refractivity contribution in [2.75, 3.05) is 0 Å². The van der Waals surface area contributed by atoms with Gasteiger partial charge in [0.1, 0.15) is 0 Å². The first-order valence-corrected chi connectivity index (χ1v) is 9.41. The minimum Gasteiger partial charge on any atom is -0.475 e. The van der Waals surface area contributed by atoms with E-state index in [-0.39, 0.29) is 0 Å². The summed E-state index contributed by atoms with van der Waals surface area (Å²) in [7, 11) is 0. The number of aromatic nitrogens is 1. The van der Waals surface area contributed by atoms with Gasteiger partial charge in [0.05, 0.1) is 0 Å². The number of hydrogen-bond donors (Lipinski definition) is 3. The Morgan fingerprint density at radius 2 is 1.44 bits per heavy atom. The molecule has 0 aliphatic rings. The molecule has 2 unspecified atom stereocenters. The van der Waals surface area contributed by atoms with Crippen LogP contribution in [0.1, 0.15) is 58.6 Å². The lowest BCUT2D eigenvalue weighted by Gasteiger charge is -2.22. The van der Waals surface area contributed by atoms with Gasteiger partial charge in [-0.05, 0) is 57.7 Å². The molecule has 0 saturated carbocycles. The fourth-order valence-corrected chi connectivity index (χ4v) is 2.09. The normalized spacial score (nSPS) is 12.8. The zero-order valence-corrected chi connectivity index (χ0v) is 18.1. The van der Waals surface area contributed by atoms with E-state index in [0.717, 1.165) is 12.8 Å². The van der Waals surface area contributed by atoms with Gasteiger partial charge in [0, 0.05) is 24.5 Å². The Morgan fingerprint density at radius 3 is 1.75 bits per heavy atom. The van der Waals surface area contributed by atoms with Crippen LogP contribution in [0, 0.1) is 0 Å². The average molecular weight is 474 g/mol. The van der Waals surface area contributed by atoms with E-state index >= 15 is 0 Å². The van der Waals surface area contributed by atoms with Gasteiger partial charge >= 0.3 is 24.3 Å². The minimum atomic E-state index is -5.08. The summed E-state index contributed by atoms with van der Waals surface area (Å²) in [6.07, 6.45) is -0.667. The van der Waals surface area contributed by atoms with E-state index in [0.29, 0.717) is 12.1 Å². The first-order valence-electron chi connectivity index (χ1n) is 9.41. The summed E-state index contributed by atoms with van der Waals surface area (Å²) in [6, 6.07) is 5.18. The summed E-state index contributed by atoms with van der Waals surface area (Å²) in [4.78, 5) is 21.9. The van der Waals surface area contributed by atoms with Crippen LogP contribution in [0.5, 0.6) is 0 Å². The smallest absolute Gasteiger partial charge is 0.475 e. The fourth-order valence-electron chi connectivity index (χ4n) is 2.09. The van der Waals surface area contributed by atoms with Crippen LogP contribution in [-0.4, -0.2) is 45.5 Å². The highest BCUT2D eigenvalue weighted by atomic mass is 19.4. The number of carbonyl (C=O) groups is 2. The van der Waals surface area contributed by atoms with Crippen molar-refractivity contribution in [2.45, 2.75) is 71.4 Å². The highest BCUT2D eigenvalue weighted by Gasteiger charge is 2.38. The maximum absolute atomic E-state index is 10.6. The minimum absolute atomic E-state index is 0.440. The van der Waals surface area contributed by atoms with Gasteiger partial charge in [0.15, 0.2) is 0 Å². The number of nitrogens with one attached hydrogen (secondary N) is 1. The molecule has 0 saturated heterocycles. The second kappa shape index (κ2) is 15.2. The second-order valence-corrected chi connectivity index (χ2v) is 6.77. The number of carboxylic acids is 2. The Morgan fingerprint density at radius 1 is 1.03 bits per heavy atom. The largest absolute Gasteiger partial charge is 0.490 e. The molecule has 2 atom stereocenters. The topological polar surface area (TPSA) is 99.5 Å². The molecule has 0 aromatic carbocycles. The van der Waals surface area contributed by atoms with Gasteiger partial charge in [-0.1, -0.05) is 18.6 Å². The van der Waals surface area contributed by atoms with Crippen molar-refractivity contribution in [1.29, 1.82) is 0 Å². The van der Waals surface area contributed by atoms with E-state index in [4.69, 9.17) is 19.8 Å². The molecule has 1 rings (SSSR count). The van der Waals surface area contributed by atoms with Gasteiger partial charge in [-0.2, -0.15) is 26.3 Å². The van der Waals surface area contributed by atoms with E-state index in [1.165, 1.54) is 17.6 Å². The molecule has 0 bridgehead atoms. The van der Waals surface area contributed by atoms with E-state index in [2.05, 4.69) is 56.2 Å². The van der Waals surface area contributed by atoms with Gasteiger partial charge in [-0.25, -0.2) is 9.59 Å². The van der Waals surface area contributed by atoms with Crippen LogP contribution in [0.2, 0.25) is 0 Å². The second-order valence-electron chi connectivity index (χ2n) is 6.77. The Labute approximate surface area is 182 Å². The van der Waals surface area contributed by atoms with Gasteiger partial charge in [0.25, 0.3) is 0 Å². The Balaban J connectivity index is 0. The number of halogens is 6. The maximum Gasteiger partial charge on any atom is 0.490 e. The molecule has 0 radical (unpaired) electrons. The molecule has 184 valence electrons. The molecule has 1 aromatic rings. The summed E-state index contributed by atoms with van der Waals surface area (Å²) in [5, 5.41) is 17.9. The first-order chi connectivity index (χ1) is 14.5. The monoisotopic (exact) mass is 474 g/mol. The van der Waals surface area contributed by atoms with Crippen LogP contribution in [0.4, 0.5) is 26.3 Å². The fraction of sp³-hybridized carbons (Fsp3) is 0.550. The predicted molar refractivity (Wildman–Crippen MR) is 106 cm³/mol. The third-order valence-electron chi connectivity index (χ3n) is 3.64. The lowest BCUT2D eigenvalue weighted by Crippen LogP contribution is -2.30. The Hall–Kier alpha value is -2.63. The molecular weight excluding hydrogens is 446 g/mol. The zero-order chi connectivity index (χ0) is 25.5. The summed E-state index contributed by atoms with van der Waals surface area (Å²) in [5.41, 5.74) is 2.74. The summed E-state index contributed by atoms with van der Waals surface area (Å²) in [6.45, 7) is 8.80. The van der Waals surface area contributed by atoms with Crippen molar-refractivity contribution in [2.24, 2.45) is 0 Å². The lowest BCUT2D eigenvalue weighted by molar-refractivity contribution is -0.193. The number of carboxylic acid groups (broad SMARTS) is 2. The van der Waals surface area contributed by atoms with E-state index in [1.807, 2.05) is 12.4 Å². The summed E-state index contributed by atoms with van der Waals surface area (Å²) < 4.78 is 63.5. The van der Waals surface area contributed by atoms with Gasteiger partial charge in [0.2, 0.25) is 0 Å². The maximum atomic E-state index is 10.6. The molecule has 3 N–H and O–H groups in total. The van der Waals surface area contributed by atoms with Gasteiger partial charge in [-0.15, -0.1) is 0 Å². The highest BCUT2D eigenvalue weighted by Crippen LogP contribution is 2.17. The number of allylic oxidation sites excluding steroid dienone is 2. The molecule has 0 spiro atoms. The SMILES string of the molecule is CCC(NC(C)CCC=C(C)C)c1ccncc1.O=C(O)C(F)(F)F.O=C(O)C(F)(F)F. The Kier molecular flexibility index (Phi) is 15.0. The van der Waals surface area contributed by atoms with Crippen LogP contribution in [0.3, 0.4) is 0 Å². The first kappa shape index (κ1) is 31.6. The molecule has 0 aliphatic heterocycles. The molecular formula is C20H28F6N2O4.